The summed E-state index contributed by atoms with van der Waals surface area (Å²) < 4.78 is 35.6. The zero-order valence-corrected chi connectivity index (χ0v) is 20.2. The predicted octanol–water partition coefficient (Wildman–Crippen LogP) is 3.69. The number of aromatic nitrogens is 2. The Morgan fingerprint density at radius 3 is 2.48 bits per heavy atom. The van der Waals surface area contributed by atoms with E-state index in [0.29, 0.717) is 12.0 Å². The van der Waals surface area contributed by atoms with Gasteiger partial charge in [-0.15, -0.1) is 0 Å². The van der Waals surface area contributed by atoms with Gasteiger partial charge < -0.3 is 14.0 Å². The summed E-state index contributed by atoms with van der Waals surface area (Å²) >= 11 is 0. The maximum Gasteiger partial charge on any atom is 0.359 e. The lowest BCUT2D eigenvalue weighted by atomic mass is 9.98. The molecule has 0 radical (unpaired) electrons. The minimum absolute atomic E-state index is 0.194. The summed E-state index contributed by atoms with van der Waals surface area (Å²) in [6.07, 6.45) is 3.73. The molecule has 0 saturated carbocycles. The predicted molar refractivity (Wildman–Crippen MR) is 116 cm³/mol. The molecule has 178 valence electrons. The number of esters is 1. The van der Waals surface area contributed by atoms with E-state index in [4.69, 9.17) is 18.5 Å². The third-order valence-electron chi connectivity index (χ3n) is 4.35. The number of H-pyrrole nitrogens is 1. The molecule has 1 rings (SSSR count). The van der Waals surface area contributed by atoms with Crippen LogP contribution < -0.4 is 11.2 Å². The van der Waals surface area contributed by atoms with Crippen molar-refractivity contribution in [3.8, 4) is 0 Å². The summed E-state index contributed by atoms with van der Waals surface area (Å²) in [7, 11) is -3.77. The van der Waals surface area contributed by atoms with Gasteiger partial charge in [0.1, 0.15) is 6.23 Å². The second kappa shape index (κ2) is 12.3. The molecule has 0 fully saturated rings. The molecule has 0 aromatic carbocycles. The zero-order valence-electron chi connectivity index (χ0n) is 19.3. The van der Waals surface area contributed by atoms with Crippen molar-refractivity contribution >= 4 is 13.6 Å². The van der Waals surface area contributed by atoms with Gasteiger partial charge in [-0.25, -0.2) is 4.79 Å². The first-order chi connectivity index (χ1) is 14.4. The number of carbonyl (C=O) groups is 1. The molecule has 11 heteroatoms. The Kier molecular flexibility index (Phi) is 10.9. The molecular formula is C20H35N2O8P. The van der Waals surface area contributed by atoms with Crippen molar-refractivity contribution in [1.29, 1.82) is 0 Å². The van der Waals surface area contributed by atoms with E-state index in [0.717, 1.165) is 19.3 Å². The van der Waals surface area contributed by atoms with E-state index in [1.165, 1.54) is 10.8 Å². The van der Waals surface area contributed by atoms with Crippen molar-refractivity contribution in [3.05, 3.63) is 32.6 Å². The molecule has 0 aliphatic rings. The van der Waals surface area contributed by atoms with Crippen molar-refractivity contribution in [3.63, 3.8) is 0 Å². The molecule has 1 aromatic rings. The molecule has 0 aliphatic carbocycles. The number of ether oxygens (including phenoxy) is 2. The number of hydrogen-bond acceptors (Lipinski definition) is 8. The van der Waals surface area contributed by atoms with Gasteiger partial charge >= 0.3 is 19.3 Å². The second-order valence-electron chi connectivity index (χ2n) is 8.31. The number of aryl methyl sites for hydroxylation is 1. The number of carbonyl (C=O) groups excluding carboxylic acids is 1. The zero-order chi connectivity index (χ0) is 23.7. The van der Waals surface area contributed by atoms with Crippen LogP contribution in [0.3, 0.4) is 0 Å². The van der Waals surface area contributed by atoms with Crippen LogP contribution in [0.15, 0.2) is 15.8 Å². The summed E-state index contributed by atoms with van der Waals surface area (Å²) in [5.74, 6) is -0.508. The average molecular weight is 462 g/mol. The van der Waals surface area contributed by atoms with Crippen LogP contribution in [-0.2, 0) is 27.9 Å². The van der Waals surface area contributed by atoms with Crippen LogP contribution in [0.2, 0.25) is 0 Å². The summed E-state index contributed by atoms with van der Waals surface area (Å²) in [6, 6.07) is 0. The van der Waals surface area contributed by atoms with Crippen molar-refractivity contribution < 1.29 is 27.9 Å². The summed E-state index contributed by atoms with van der Waals surface area (Å²) in [6.45, 7) is 9.91. The lowest BCUT2D eigenvalue weighted by Gasteiger charge is -2.23. The molecule has 0 amide bonds. The molecular weight excluding hydrogens is 427 g/mol. The third kappa shape index (κ3) is 9.51. The van der Waals surface area contributed by atoms with Crippen molar-refractivity contribution in [2.45, 2.75) is 73.5 Å². The Morgan fingerprint density at radius 2 is 1.87 bits per heavy atom. The molecule has 2 atom stereocenters. The highest BCUT2D eigenvalue weighted by atomic mass is 31.2. The number of rotatable bonds is 13. The first-order valence-electron chi connectivity index (χ1n) is 10.4. The highest BCUT2D eigenvalue weighted by Gasteiger charge is 2.29. The maximum atomic E-state index is 13.1. The van der Waals surface area contributed by atoms with E-state index in [1.54, 1.807) is 34.6 Å². The van der Waals surface area contributed by atoms with Crippen LogP contribution in [0.25, 0.3) is 0 Å². The van der Waals surface area contributed by atoms with Gasteiger partial charge in [-0.1, -0.05) is 26.2 Å². The van der Waals surface area contributed by atoms with Gasteiger partial charge in [-0.2, -0.15) is 0 Å². The van der Waals surface area contributed by atoms with Gasteiger partial charge in [-0.3, -0.25) is 28.2 Å². The van der Waals surface area contributed by atoms with Crippen LogP contribution in [0.4, 0.5) is 0 Å². The Labute approximate surface area is 182 Å². The van der Waals surface area contributed by atoms with E-state index in [9.17, 15) is 18.9 Å². The number of unbranched alkanes of at least 4 members (excludes halogenated alkanes) is 3. The molecule has 1 heterocycles. The molecule has 1 N–H and O–H groups in total. The Bertz CT molecular complexity index is 871. The van der Waals surface area contributed by atoms with E-state index >= 15 is 0 Å². The van der Waals surface area contributed by atoms with Crippen LogP contribution in [0.5, 0.6) is 0 Å². The van der Waals surface area contributed by atoms with E-state index in [1.807, 2.05) is 0 Å². The quantitative estimate of drug-likeness (QED) is 0.204. The molecule has 1 aromatic heterocycles. The summed E-state index contributed by atoms with van der Waals surface area (Å²) in [4.78, 5) is 37.6. The van der Waals surface area contributed by atoms with Crippen molar-refractivity contribution in [2.24, 2.45) is 5.41 Å². The highest BCUT2D eigenvalue weighted by molar-refractivity contribution is 7.53. The fourth-order valence-electron chi connectivity index (χ4n) is 2.36. The van der Waals surface area contributed by atoms with Gasteiger partial charge in [0.2, 0.25) is 6.79 Å². The van der Waals surface area contributed by atoms with E-state index in [2.05, 4.69) is 11.9 Å². The van der Waals surface area contributed by atoms with E-state index < -0.39 is 49.6 Å². The topological polar surface area (TPSA) is 126 Å². The minimum Gasteiger partial charge on any atom is -0.438 e. The van der Waals surface area contributed by atoms with Crippen LogP contribution >= 0.6 is 7.60 Å². The number of nitrogens with zero attached hydrogens (tertiary/aromatic N) is 1. The fourth-order valence-corrected chi connectivity index (χ4v) is 3.60. The summed E-state index contributed by atoms with van der Waals surface area (Å²) in [5, 5.41) is 0. The van der Waals surface area contributed by atoms with Crippen molar-refractivity contribution in [2.75, 3.05) is 19.7 Å². The lowest BCUT2D eigenvalue weighted by Crippen LogP contribution is -2.33. The molecule has 0 saturated heterocycles. The smallest absolute Gasteiger partial charge is 0.359 e. The monoisotopic (exact) mass is 462 g/mol. The first-order valence-corrected chi connectivity index (χ1v) is 12.1. The molecule has 10 nitrogen and oxygen atoms in total. The fraction of sp³-hybridized carbons (Fsp3) is 0.750. The normalized spacial score (nSPS) is 14.8. The van der Waals surface area contributed by atoms with Crippen LogP contribution in [-0.4, -0.2) is 35.3 Å². The van der Waals surface area contributed by atoms with Crippen LogP contribution in [0.1, 0.15) is 72.1 Å². The maximum absolute atomic E-state index is 13.1. The largest absolute Gasteiger partial charge is 0.438 e. The molecule has 31 heavy (non-hydrogen) atoms. The van der Waals surface area contributed by atoms with Crippen molar-refractivity contribution in [1.82, 2.24) is 9.55 Å². The number of nitrogens with one attached hydrogen (secondary N) is 1. The van der Waals surface area contributed by atoms with Gasteiger partial charge in [-0.05, 0) is 41.0 Å². The molecule has 0 aliphatic heterocycles. The summed E-state index contributed by atoms with van der Waals surface area (Å²) in [5.41, 5.74) is -1.55. The Balaban J connectivity index is 2.79. The van der Waals surface area contributed by atoms with Crippen LogP contribution in [0, 0.1) is 12.3 Å². The standard InChI is InChI=1S/C20H35N2O8P/c1-7-8-9-10-11-29-31(26,30-13-27-18(24)20(4,5)6)14-28-16(3)22-12-15(2)17(23)21-19(22)25/h12,16H,7-11,13-14H2,1-6H3,(H,21,23,25). The van der Waals surface area contributed by atoms with Gasteiger partial charge in [0.05, 0.1) is 12.0 Å². The molecule has 0 spiro atoms. The minimum atomic E-state index is -3.77. The third-order valence-corrected chi connectivity index (χ3v) is 5.89. The van der Waals surface area contributed by atoms with Gasteiger partial charge in [0, 0.05) is 11.8 Å². The molecule has 0 bridgehead atoms. The average Bonchev–Trinajstić information content (AvgIpc) is 2.68. The SMILES string of the molecule is CCCCCCOP(=O)(COC(C)n1cc(C)c(=O)[nH]c1=O)OCOC(=O)C(C)(C)C. The number of aromatic amines is 1. The highest BCUT2D eigenvalue weighted by Crippen LogP contribution is 2.49. The lowest BCUT2D eigenvalue weighted by molar-refractivity contribution is -0.160. The van der Waals surface area contributed by atoms with Gasteiger partial charge in [0.15, 0.2) is 6.35 Å². The number of hydrogen-bond donors (Lipinski definition) is 1. The van der Waals surface area contributed by atoms with E-state index in [-0.39, 0.29) is 6.61 Å². The second-order valence-corrected chi connectivity index (χ2v) is 10.3. The Morgan fingerprint density at radius 1 is 1.19 bits per heavy atom. The molecule has 2 unspecified atom stereocenters. The first kappa shape index (κ1) is 27.3. The van der Waals surface area contributed by atoms with Gasteiger partial charge in [0.25, 0.3) is 5.56 Å². The Hall–Kier alpha value is -1.74.